The molecule has 1 heterocycles. The van der Waals surface area contributed by atoms with Crippen molar-refractivity contribution in [2.45, 2.75) is 18.1 Å². The van der Waals surface area contributed by atoms with E-state index in [-0.39, 0.29) is 17.7 Å². The van der Waals surface area contributed by atoms with E-state index >= 15 is 0 Å². The summed E-state index contributed by atoms with van der Waals surface area (Å²) in [4.78, 5) is 25.0. The van der Waals surface area contributed by atoms with Crippen molar-refractivity contribution < 1.29 is 14.7 Å². The molecule has 2 atom stereocenters. The molecule has 18 heavy (non-hydrogen) atoms. The number of thioether (sulfide) groups is 1. The van der Waals surface area contributed by atoms with Gasteiger partial charge in [-0.2, -0.15) is 11.8 Å². The molecular formula is C13H15NO3S. The molecule has 0 aromatic heterocycles. The van der Waals surface area contributed by atoms with Crippen LogP contribution in [0.1, 0.15) is 18.4 Å². The van der Waals surface area contributed by atoms with Crippen LogP contribution in [-0.2, 0) is 9.59 Å². The maximum Gasteiger partial charge on any atom is 0.312 e. The number of hydrogen-bond acceptors (Lipinski definition) is 3. The van der Waals surface area contributed by atoms with Gasteiger partial charge in [-0.3, -0.25) is 9.59 Å². The van der Waals surface area contributed by atoms with Crippen LogP contribution < -0.4 is 4.90 Å². The fourth-order valence-electron chi connectivity index (χ4n) is 2.15. The fraction of sp³-hybridized carbons (Fsp3) is 0.385. The lowest BCUT2D eigenvalue weighted by Crippen LogP contribution is -2.36. The van der Waals surface area contributed by atoms with Gasteiger partial charge in [-0.15, -0.1) is 0 Å². The topological polar surface area (TPSA) is 57.6 Å². The van der Waals surface area contributed by atoms with Gasteiger partial charge in [0.2, 0.25) is 5.91 Å². The van der Waals surface area contributed by atoms with Crippen molar-refractivity contribution in [1.29, 1.82) is 0 Å². The van der Waals surface area contributed by atoms with E-state index < -0.39 is 11.9 Å². The molecule has 0 fully saturated rings. The van der Waals surface area contributed by atoms with Crippen molar-refractivity contribution in [1.82, 2.24) is 0 Å². The molecule has 0 radical (unpaired) electrons. The largest absolute Gasteiger partial charge is 0.481 e. The molecule has 4 nitrogen and oxygen atoms in total. The maximum atomic E-state index is 12.2. The van der Waals surface area contributed by atoms with Gasteiger partial charge >= 0.3 is 5.97 Å². The number of anilines is 1. The van der Waals surface area contributed by atoms with Crippen molar-refractivity contribution in [3.8, 4) is 0 Å². The van der Waals surface area contributed by atoms with Crippen molar-refractivity contribution in [2.75, 3.05) is 17.7 Å². The van der Waals surface area contributed by atoms with Gasteiger partial charge in [-0.05, 0) is 24.8 Å². The van der Waals surface area contributed by atoms with Crippen LogP contribution in [0.5, 0.6) is 0 Å². The van der Waals surface area contributed by atoms with Crippen LogP contribution in [0.3, 0.4) is 0 Å². The average Bonchev–Trinajstić information content (AvgIpc) is 2.76. The van der Waals surface area contributed by atoms with E-state index in [0.29, 0.717) is 0 Å². The Morgan fingerprint density at radius 2 is 2.11 bits per heavy atom. The number of fused-ring (bicyclic) bond motifs is 1. The van der Waals surface area contributed by atoms with Crippen LogP contribution in [0.4, 0.5) is 5.69 Å². The lowest BCUT2D eigenvalue weighted by Gasteiger charge is -2.20. The minimum absolute atomic E-state index is 0.0290. The number of hydrogen-bond donors (Lipinski definition) is 1. The number of rotatable bonds is 3. The van der Waals surface area contributed by atoms with Gasteiger partial charge in [0.1, 0.15) is 5.92 Å². The van der Waals surface area contributed by atoms with Gasteiger partial charge in [-0.25, -0.2) is 0 Å². The number of benzene rings is 1. The Balaban J connectivity index is 2.37. The molecule has 2 unspecified atom stereocenters. The highest BCUT2D eigenvalue weighted by atomic mass is 32.2. The minimum atomic E-state index is -0.880. The fourth-order valence-corrected chi connectivity index (χ4v) is 2.48. The molecule has 0 bridgehead atoms. The molecule has 0 saturated heterocycles. The molecule has 1 aromatic carbocycles. The number of carbonyl (C=O) groups excluding carboxylic acids is 1. The number of carboxylic acids is 1. The third-order valence-corrected chi connectivity index (χ3v) is 4.14. The Bertz CT molecular complexity index is 489. The number of amides is 1. The van der Waals surface area contributed by atoms with Crippen LogP contribution in [0, 0.1) is 0 Å². The van der Waals surface area contributed by atoms with E-state index in [9.17, 15) is 14.7 Å². The SMILES string of the molecule is CSC(C)C(=O)N1CC(C(=O)O)c2ccccc21. The van der Waals surface area contributed by atoms with E-state index in [1.54, 1.807) is 17.0 Å². The second-order valence-corrected chi connectivity index (χ2v) is 5.45. The number of carboxylic acid groups (broad SMARTS) is 1. The van der Waals surface area contributed by atoms with Crippen LogP contribution in [-0.4, -0.2) is 35.0 Å². The summed E-state index contributed by atoms with van der Waals surface area (Å²) in [5.41, 5.74) is 1.46. The van der Waals surface area contributed by atoms with E-state index in [0.717, 1.165) is 11.3 Å². The van der Waals surface area contributed by atoms with E-state index in [4.69, 9.17) is 0 Å². The summed E-state index contributed by atoms with van der Waals surface area (Å²) >= 11 is 1.47. The lowest BCUT2D eigenvalue weighted by atomic mass is 10.0. The summed E-state index contributed by atoms with van der Waals surface area (Å²) in [5, 5.41) is 9.05. The summed E-state index contributed by atoms with van der Waals surface area (Å²) in [7, 11) is 0. The van der Waals surface area contributed by atoms with Crippen molar-refractivity contribution in [3.05, 3.63) is 29.8 Å². The number of para-hydroxylation sites is 1. The van der Waals surface area contributed by atoms with Crippen LogP contribution in [0.2, 0.25) is 0 Å². The highest BCUT2D eigenvalue weighted by Gasteiger charge is 2.37. The molecule has 1 aromatic rings. The van der Waals surface area contributed by atoms with Crippen LogP contribution in [0.25, 0.3) is 0 Å². The minimum Gasteiger partial charge on any atom is -0.481 e. The third-order valence-electron chi connectivity index (χ3n) is 3.23. The smallest absolute Gasteiger partial charge is 0.312 e. The van der Waals surface area contributed by atoms with Crippen molar-refractivity contribution >= 4 is 29.3 Å². The standard InChI is InChI=1S/C13H15NO3S/c1-8(18-2)12(15)14-7-10(13(16)17)9-5-3-4-6-11(9)14/h3-6,8,10H,7H2,1-2H3,(H,16,17). The summed E-state index contributed by atoms with van der Waals surface area (Å²) in [6, 6.07) is 7.22. The normalized spacial score (nSPS) is 19.4. The van der Waals surface area contributed by atoms with Gasteiger partial charge in [0.25, 0.3) is 0 Å². The van der Waals surface area contributed by atoms with Gasteiger partial charge < -0.3 is 10.0 Å². The highest BCUT2D eigenvalue weighted by Crippen LogP contribution is 2.37. The van der Waals surface area contributed by atoms with Crippen molar-refractivity contribution in [3.63, 3.8) is 0 Å². The quantitative estimate of drug-likeness (QED) is 0.907. The second kappa shape index (κ2) is 5.02. The van der Waals surface area contributed by atoms with E-state index in [2.05, 4.69) is 0 Å². The first-order valence-electron chi connectivity index (χ1n) is 5.72. The monoisotopic (exact) mass is 265 g/mol. The van der Waals surface area contributed by atoms with Gasteiger partial charge in [0, 0.05) is 12.2 Å². The molecule has 2 rings (SSSR count). The first kappa shape index (κ1) is 13.0. The first-order valence-corrected chi connectivity index (χ1v) is 7.01. The first-order chi connectivity index (χ1) is 8.56. The summed E-state index contributed by atoms with van der Waals surface area (Å²) < 4.78 is 0. The second-order valence-electron chi connectivity index (χ2n) is 4.28. The molecular weight excluding hydrogens is 250 g/mol. The zero-order valence-corrected chi connectivity index (χ0v) is 11.1. The average molecular weight is 265 g/mol. The molecule has 1 aliphatic rings. The highest BCUT2D eigenvalue weighted by molar-refractivity contribution is 7.99. The molecule has 1 amide bonds. The molecule has 0 aliphatic carbocycles. The number of nitrogens with zero attached hydrogens (tertiary/aromatic N) is 1. The Kier molecular flexibility index (Phi) is 3.61. The van der Waals surface area contributed by atoms with Gasteiger partial charge in [-0.1, -0.05) is 18.2 Å². The molecule has 96 valence electrons. The zero-order chi connectivity index (χ0) is 13.3. The third kappa shape index (κ3) is 2.10. The van der Waals surface area contributed by atoms with Crippen LogP contribution in [0.15, 0.2) is 24.3 Å². The predicted molar refractivity (Wildman–Crippen MR) is 72.1 cm³/mol. The van der Waals surface area contributed by atoms with Crippen LogP contribution >= 0.6 is 11.8 Å². The number of carbonyl (C=O) groups is 2. The molecule has 1 aliphatic heterocycles. The Morgan fingerprint density at radius 3 is 2.72 bits per heavy atom. The summed E-state index contributed by atoms with van der Waals surface area (Å²) in [5.74, 6) is -1.52. The van der Waals surface area contributed by atoms with E-state index in [1.807, 2.05) is 25.3 Å². The molecule has 1 N–H and O–H groups in total. The molecule has 0 saturated carbocycles. The maximum absolute atomic E-state index is 12.2. The van der Waals surface area contributed by atoms with Crippen molar-refractivity contribution in [2.24, 2.45) is 0 Å². The molecule has 5 heteroatoms. The number of aliphatic carboxylic acids is 1. The predicted octanol–water partition coefficient (Wildman–Crippen LogP) is 1.95. The van der Waals surface area contributed by atoms with Gasteiger partial charge in [0.05, 0.1) is 5.25 Å². The Labute approximate surface area is 110 Å². The van der Waals surface area contributed by atoms with Gasteiger partial charge in [0.15, 0.2) is 0 Å². The zero-order valence-electron chi connectivity index (χ0n) is 10.3. The van der Waals surface area contributed by atoms with E-state index in [1.165, 1.54) is 11.8 Å². The lowest BCUT2D eigenvalue weighted by molar-refractivity contribution is -0.138. The Morgan fingerprint density at radius 1 is 1.44 bits per heavy atom. The molecule has 0 spiro atoms. The summed E-state index contributed by atoms with van der Waals surface area (Å²) in [6.45, 7) is 2.07. The summed E-state index contributed by atoms with van der Waals surface area (Å²) in [6.07, 6.45) is 1.87. The Hall–Kier alpha value is -1.49.